The van der Waals surface area contributed by atoms with Crippen molar-refractivity contribution in [3.8, 4) is 0 Å². The van der Waals surface area contributed by atoms with Crippen LogP contribution < -0.4 is 0 Å². The highest BCUT2D eigenvalue weighted by atomic mass is 35.5. The van der Waals surface area contributed by atoms with Crippen LogP contribution in [0.15, 0.2) is 10.2 Å². The number of halogens is 1. The van der Waals surface area contributed by atoms with E-state index in [9.17, 15) is 4.79 Å². The van der Waals surface area contributed by atoms with Gasteiger partial charge in [0, 0.05) is 17.4 Å². The van der Waals surface area contributed by atoms with Crippen LogP contribution in [0, 0.1) is 0 Å². The summed E-state index contributed by atoms with van der Waals surface area (Å²) in [5, 5.41) is 8.39. The molecule has 0 aliphatic heterocycles. The Morgan fingerprint density at radius 2 is 2.07 bits per heavy atom. The average molecular weight is 251 g/mol. The minimum Gasteiger partial charge on any atom is -0.281 e. The van der Waals surface area contributed by atoms with Crippen molar-refractivity contribution in [2.45, 2.75) is 44.9 Å². The van der Waals surface area contributed by atoms with E-state index >= 15 is 0 Å². The van der Waals surface area contributed by atoms with Crippen molar-refractivity contribution in [3.05, 3.63) is 0 Å². The molecule has 0 saturated carbocycles. The number of azo groups is 1. The number of rotatable bonds is 6. The summed E-state index contributed by atoms with van der Waals surface area (Å²) in [6.07, 6.45) is 0.424. The second kappa shape index (κ2) is 7.23. The predicted octanol–water partition coefficient (Wildman–Crippen LogP) is 3.51. The van der Waals surface area contributed by atoms with Gasteiger partial charge < -0.3 is 0 Å². The first-order chi connectivity index (χ1) is 6.81. The van der Waals surface area contributed by atoms with Crippen LogP contribution in [0.25, 0.3) is 0 Å². The van der Waals surface area contributed by atoms with E-state index in [1.165, 1.54) is 0 Å². The fourth-order valence-corrected chi connectivity index (χ4v) is 1.85. The van der Waals surface area contributed by atoms with E-state index in [-0.39, 0.29) is 10.8 Å². The van der Waals surface area contributed by atoms with Crippen molar-refractivity contribution in [1.82, 2.24) is 0 Å². The third-order valence-corrected chi connectivity index (χ3v) is 2.76. The van der Waals surface area contributed by atoms with Crippen molar-refractivity contribution in [3.63, 3.8) is 0 Å². The van der Waals surface area contributed by atoms with E-state index in [1.807, 2.05) is 20.8 Å². The molecule has 5 heteroatoms. The van der Waals surface area contributed by atoms with Crippen molar-refractivity contribution in [2.24, 2.45) is 10.2 Å². The van der Waals surface area contributed by atoms with Gasteiger partial charge in [-0.15, -0.1) is 0 Å². The molecule has 0 N–H and O–H groups in total. The van der Waals surface area contributed by atoms with E-state index in [4.69, 9.17) is 11.6 Å². The zero-order chi connectivity index (χ0) is 11.9. The van der Waals surface area contributed by atoms with E-state index < -0.39 is 0 Å². The Hall–Kier alpha value is -0.0900. The van der Waals surface area contributed by atoms with Crippen LogP contribution in [0.5, 0.6) is 0 Å². The molecule has 0 aromatic heterocycles. The van der Waals surface area contributed by atoms with Gasteiger partial charge >= 0.3 is 0 Å². The van der Waals surface area contributed by atoms with Crippen LogP contribution in [0.1, 0.15) is 34.1 Å². The van der Waals surface area contributed by atoms with Gasteiger partial charge in [-0.2, -0.15) is 22.0 Å². The standard InChI is InChI=1S/C10H19ClN2OS/c1-8(15-6-5-9(11)14)7-12-13-10(2,3)4/h8H,5-7H2,1-4H3/b13-12+. The molecule has 0 radical (unpaired) electrons. The molecule has 0 fully saturated rings. The van der Waals surface area contributed by atoms with Crippen LogP contribution in [-0.4, -0.2) is 28.3 Å². The number of nitrogens with zero attached hydrogens (tertiary/aromatic N) is 2. The van der Waals surface area contributed by atoms with Crippen molar-refractivity contribution in [2.75, 3.05) is 12.3 Å². The van der Waals surface area contributed by atoms with Crippen molar-refractivity contribution < 1.29 is 4.79 Å². The highest BCUT2D eigenvalue weighted by Gasteiger charge is 2.07. The van der Waals surface area contributed by atoms with Gasteiger partial charge in [0.1, 0.15) is 0 Å². The fraction of sp³-hybridized carbons (Fsp3) is 0.900. The van der Waals surface area contributed by atoms with Crippen molar-refractivity contribution >= 4 is 28.6 Å². The van der Waals surface area contributed by atoms with E-state index in [2.05, 4.69) is 17.2 Å². The number of carbonyl (C=O) groups excluding carboxylic acids is 1. The monoisotopic (exact) mass is 250 g/mol. The first-order valence-corrected chi connectivity index (χ1v) is 6.42. The first kappa shape index (κ1) is 14.9. The molecule has 0 bridgehead atoms. The maximum absolute atomic E-state index is 10.5. The maximum atomic E-state index is 10.5. The third kappa shape index (κ3) is 11.8. The van der Waals surface area contributed by atoms with Crippen LogP contribution in [0.2, 0.25) is 0 Å². The fourth-order valence-electron chi connectivity index (χ4n) is 0.761. The molecule has 0 aliphatic carbocycles. The van der Waals surface area contributed by atoms with Gasteiger partial charge in [-0.1, -0.05) is 6.92 Å². The van der Waals surface area contributed by atoms with Crippen LogP contribution in [0.3, 0.4) is 0 Å². The molecule has 0 aromatic rings. The minimum atomic E-state index is -0.272. The van der Waals surface area contributed by atoms with Crippen LogP contribution >= 0.6 is 23.4 Å². The molecule has 1 unspecified atom stereocenters. The highest BCUT2D eigenvalue weighted by Crippen LogP contribution is 2.14. The lowest BCUT2D eigenvalue weighted by Gasteiger charge is -2.11. The van der Waals surface area contributed by atoms with Gasteiger partial charge in [0.25, 0.3) is 0 Å². The number of carbonyl (C=O) groups is 1. The summed E-state index contributed by atoms with van der Waals surface area (Å²) < 4.78 is 0. The Morgan fingerprint density at radius 3 is 2.53 bits per heavy atom. The van der Waals surface area contributed by atoms with Crippen molar-refractivity contribution in [1.29, 1.82) is 0 Å². The molecule has 88 valence electrons. The van der Waals surface area contributed by atoms with Crippen LogP contribution in [-0.2, 0) is 4.79 Å². The number of thioether (sulfide) groups is 1. The smallest absolute Gasteiger partial charge is 0.222 e. The summed E-state index contributed by atoms with van der Waals surface area (Å²) in [5.41, 5.74) is -0.101. The molecule has 0 heterocycles. The molecular weight excluding hydrogens is 232 g/mol. The normalized spacial score (nSPS) is 14.5. The number of hydrogen-bond donors (Lipinski definition) is 0. The van der Waals surface area contributed by atoms with Gasteiger partial charge in [0.05, 0.1) is 12.1 Å². The second-order valence-electron chi connectivity index (χ2n) is 4.38. The summed E-state index contributed by atoms with van der Waals surface area (Å²) in [7, 11) is 0. The van der Waals surface area contributed by atoms with E-state index in [0.29, 0.717) is 18.2 Å². The summed E-state index contributed by atoms with van der Waals surface area (Å²) in [5.74, 6) is 0.758. The molecular formula is C10H19ClN2OS. The molecule has 0 aliphatic rings. The third-order valence-electron chi connectivity index (χ3n) is 1.41. The van der Waals surface area contributed by atoms with Gasteiger partial charge in [0.15, 0.2) is 0 Å². The maximum Gasteiger partial charge on any atom is 0.222 e. The predicted molar refractivity (Wildman–Crippen MR) is 66.9 cm³/mol. The Bertz CT molecular complexity index is 226. The Balaban J connectivity index is 3.62. The quantitative estimate of drug-likeness (QED) is 0.535. The summed E-state index contributed by atoms with van der Waals surface area (Å²) in [6, 6.07) is 0. The topological polar surface area (TPSA) is 41.8 Å². The minimum absolute atomic E-state index is 0.101. The number of hydrogen-bond acceptors (Lipinski definition) is 4. The van der Waals surface area contributed by atoms with E-state index in [0.717, 1.165) is 5.75 Å². The van der Waals surface area contributed by atoms with Gasteiger partial charge in [-0.05, 0) is 32.4 Å². The van der Waals surface area contributed by atoms with Gasteiger partial charge in [-0.3, -0.25) is 4.79 Å². The molecule has 0 spiro atoms. The lowest BCUT2D eigenvalue weighted by Crippen LogP contribution is -2.10. The highest BCUT2D eigenvalue weighted by molar-refractivity contribution is 7.99. The molecule has 0 rings (SSSR count). The first-order valence-electron chi connectivity index (χ1n) is 5.00. The lowest BCUT2D eigenvalue weighted by molar-refractivity contribution is -0.111. The Morgan fingerprint density at radius 1 is 1.47 bits per heavy atom. The Labute approximate surface area is 101 Å². The lowest BCUT2D eigenvalue weighted by atomic mass is 10.1. The van der Waals surface area contributed by atoms with Gasteiger partial charge in [-0.25, -0.2) is 0 Å². The zero-order valence-electron chi connectivity index (χ0n) is 9.79. The summed E-state index contributed by atoms with van der Waals surface area (Å²) >= 11 is 6.93. The molecule has 15 heavy (non-hydrogen) atoms. The zero-order valence-corrected chi connectivity index (χ0v) is 11.4. The molecule has 3 nitrogen and oxygen atoms in total. The SMILES string of the molecule is CC(C/N=N/C(C)(C)C)SCCC(=O)Cl. The van der Waals surface area contributed by atoms with Crippen LogP contribution in [0.4, 0.5) is 0 Å². The largest absolute Gasteiger partial charge is 0.281 e. The van der Waals surface area contributed by atoms with E-state index in [1.54, 1.807) is 11.8 Å². The van der Waals surface area contributed by atoms with Gasteiger partial charge in [0.2, 0.25) is 5.24 Å². The molecule has 0 amide bonds. The molecule has 1 atom stereocenters. The molecule has 0 saturated heterocycles. The molecule has 0 aromatic carbocycles. The Kier molecular flexibility index (Phi) is 7.18. The summed E-state index contributed by atoms with van der Waals surface area (Å²) in [6.45, 7) is 8.81. The average Bonchev–Trinajstić information content (AvgIpc) is 2.00. The second-order valence-corrected chi connectivity index (χ2v) is 6.35. The summed E-state index contributed by atoms with van der Waals surface area (Å²) in [4.78, 5) is 10.5.